The third kappa shape index (κ3) is 7.37. The Hall–Kier alpha value is -2.81. The molecule has 0 radical (unpaired) electrons. The Bertz CT molecular complexity index is 1210. The number of nitrogens with zero attached hydrogens (tertiary/aromatic N) is 1. The molecule has 2 atom stereocenters. The van der Waals surface area contributed by atoms with Crippen LogP contribution in [0.2, 0.25) is 10.0 Å². The molecule has 0 saturated heterocycles. The van der Waals surface area contributed by atoms with Gasteiger partial charge in [-0.1, -0.05) is 68.1 Å². The zero-order valence-electron chi connectivity index (χ0n) is 20.7. The molecule has 196 valence electrons. The van der Waals surface area contributed by atoms with Crippen LogP contribution >= 0.6 is 34.5 Å². The van der Waals surface area contributed by atoms with Crippen LogP contribution in [0.25, 0.3) is 0 Å². The van der Waals surface area contributed by atoms with Crippen molar-refractivity contribution in [2.75, 3.05) is 5.32 Å². The Kier molecular flexibility index (Phi) is 9.29. The summed E-state index contributed by atoms with van der Waals surface area (Å²) in [6.45, 7) is 4.58. The Morgan fingerprint density at radius 1 is 1.03 bits per heavy atom. The number of carbonyl (C=O) groups is 2. The maximum atomic E-state index is 12.9. The minimum atomic E-state index is -0.421. The van der Waals surface area contributed by atoms with E-state index in [1.807, 2.05) is 12.1 Å². The molecule has 1 aliphatic carbocycles. The summed E-state index contributed by atoms with van der Waals surface area (Å²) < 4.78 is 5.84. The van der Waals surface area contributed by atoms with Gasteiger partial charge in [-0.2, -0.15) is 0 Å². The molecule has 0 aliphatic heterocycles. The number of ether oxygens (including phenoxy) is 1. The van der Waals surface area contributed by atoms with Gasteiger partial charge >= 0.3 is 6.03 Å². The van der Waals surface area contributed by atoms with Crippen LogP contribution < -0.4 is 20.7 Å². The highest BCUT2D eigenvalue weighted by Crippen LogP contribution is 2.30. The first-order valence-corrected chi connectivity index (χ1v) is 13.9. The van der Waals surface area contributed by atoms with Gasteiger partial charge in [-0.05, 0) is 48.6 Å². The molecule has 7 nitrogen and oxygen atoms in total. The van der Waals surface area contributed by atoms with Crippen molar-refractivity contribution in [1.82, 2.24) is 15.6 Å². The standard InChI is InChI=1S/C27H30Cl2N4O3S/c1-16(2)17-10-12-18(13-11-17)36-14-24-30-23(15-37-24)26(34)31-21-8-3-4-9-22(21)32-27(35)33-25-19(28)6-5-7-20(25)29/h5-7,10-13,15-16,21-22H,3-4,8-9,14H2,1-2H3,(H,31,34)(H2,32,33,35). The number of rotatable bonds is 8. The van der Waals surface area contributed by atoms with Crippen molar-refractivity contribution in [3.8, 4) is 5.75 Å². The number of carbonyl (C=O) groups excluding carboxylic acids is 2. The molecule has 1 aliphatic rings. The van der Waals surface area contributed by atoms with Crippen LogP contribution in [0, 0.1) is 0 Å². The second kappa shape index (κ2) is 12.6. The van der Waals surface area contributed by atoms with Crippen molar-refractivity contribution in [1.29, 1.82) is 0 Å². The molecule has 1 heterocycles. The fourth-order valence-electron chi connectivity index (χ4n) is 4.23. The molecule has 4 rings (SSSR count). The molecule has 3 N–H and O–H groups in total. The van der Waals surface area contributed by atoms with Gasteiger partial charge in [0, 0.05) is 11.4 Å². The van der Waals surface area contributed by atoms with E-state index in [0.717, 1.165) is 31.4 Å². The highest BCUT2D eigenvalue weighted by Gasteiger charge is 2.29. The molecular weight excluding hydrogens is 531 g/mol. The van der Waals surface area contributed by atoms with E-state index in [0.29, 0.717) is 32.4 Å². The van der Waals surface area contributed by atoms with Gasteiger partial charge in [0.15, 0.2) is 0 Å². The van der Waals surface area contributed by atoms with Gasteiger partial charge in [-0.3, -0.25) is 4.79 Å². The molecular formula is C27H30Cl2N4O3S. The molecule has 2 aromatic carbocycles. The first-order valence-electron chi connectivity index (χ1n) is 12.3. The number of hydrogen-bond donors (Lipinski definition) is 3. The number of aromatic nitrogens is 1. The lowest BCUT2D eigenvalue weighted by Crippen LogP contribution is -2.54. The minimum Gasteiger partial charge on any atom is -0.486 e. The lowest BCUT2D eigenvalue weighted by molar-refractivity contribution is 0.0911. The predicted molar refractivity (Wildman–Crippen MR) is 149 cm³/mol. The second-order valence-corrected chi connectivity index (χ2v) is 11.1. The number of benzene rings is 2. The lowest BCUT2D eigenvalue weighted by Gasteiger charge is -2.32. The number of anilines is 1. The minimum absolute atomic E-state index is 0.213. The topological polar surface area (TPSA) is 92.3 Å². The lowest BCUT2D eigenvalue weighted by atomic mass is 9.90. The van der Waals surface area contributed by atoms with Crippen molar-refractivity contribution in [2.24, 2.45) is 0 Å². The Morgan fingerprint density at radius 2 is 1.68 bits per heavy atom. The summed E-state index contributed by atoms with van der Waals surface area (Å²) in [7, 11) is 0. The first kappa shape index (κ1) is 27.2. The summed E-state index contributed by atoms with van der Waals surface area (Å²) in [5.41, 5.74) is 1.95. The van der Waals surface area contributed by atoms with Crippen molar-refractivity contribution < 1.29 is 14.3 Å². The Labute approximate surface area is 230 Å². The first-order chi connectivity index (χ1) is 17.8. The average molecular weight is 562 g/mol. The van der Waals surface area contributed by atoms with Crippen molar-refractivity contribution >= 4 is 52.2 Å². The highest BCUT2D eigenvalue weighted by atomic mass is 35.5. The van der Waals surface area contributed by atoms with E-state index in [2.05, 4.69) is 46.9 Å². The second-order valence-electron chi connectivity index (χ2n) is 9.30. The molecule has 3 amide bonds. The van der Waals surface area contributed by atoms with E-state index < -0.39 is 6.03 Å². The number of para-hydroxylation sites is 1. The molecule has 1 fully saturated rings. The third-order valence-corrected chi connectivity index (χ3v) is 7.75. The van der Waals surface area contributed by atoms with Crippen LogP contribution in [0.4, 0.5) is 10.5 Å². The molecule has 1 aromatic heterocycles. The summed E-state index contributed by atoms with van der Waals surface area (Å²) in [5.74, 6) is 0.957. The van der Waals surface area contributed by atoms with E-state index in [-0.39, 0.29) is 24.6 Å². The Morgan fingerprint density at radius 3 is 2.32 bits per heavy atom. The van der Waals surface area contributed by atoms with Crippen molar-refractivity contribution in [3.05, 3.63) is 74.2 Å². The van der Waals surface area contributed by atoms with Crippen molar-refractivity contribution in [2.45, 2.75) is 64.1 Å². The van der Waals surface area contributed by atoms with E-state index in [4.69, 9.17) is 27.9 Å². The van der Waals surface area contributed by atoms with Gasteiger partial charge in [0.1, 0.15) is 23.1 Å². The van der Waals surface area contributed by atoms with Crippen LogP contribution in [-0.4, -0.2) is 29.0 Å². The van der Waals surface area contributed by atoms with Crippen molar-refractivity contribution in [3.63, 3.8) is 0 Å². The summed E-state index contributed by atoms with van der Waals surface area (Å²) in [6, 6.07) is 12.2. The van der Waals surface area contributed by atoms with Crippen LogP contribution in [0.15, 0.2) is 47.8 Å². The van der Waals surface area contributed by atoms with E-state index >= 15 is 0 Å². The fourth-order valence-corrected chi connectivity index (χ4v) is 5.41. The zero-order chi connectivity index (χ0) is 26.4. The monoisotopic (exact) mass is 560 g/mol. The summed E-state index contributed by atoms with van der Waals surface area (Å²) in [5, 5.41) is 11.9. The third-order valence-electron chi connectivity index (χ3n) is 6.29. The number of thiazole rings is 1. The van der Waals surface area contributed by atoms with Crippen LogP contribution in [-0.2, 0) is 6.61 Å². The largest absolute Gasteiger partial charge is 0.486 e. The summed E-state index contributed by atoms with van der Waals surface area (Å²) in [4.78, 5) is 30.0. The molecule has 2 unspecified atom stereocenters. The van der Waals surface area contributed by atoms with Crippen LogP contribution in [0.3, 0.4) is 0 Å². The van der Waals surface area contributed by atoms with Gasteiger partial charge in [-0.25, -0.2) is 9.78 Å². The normalized spacial score (nSPS) is 17.3. The van der Waals surface area contributed by atoms with Crippen LogP contribution in [0.5, 0.6) is 5.75 Å². The summed E-state index contributed by atoms with van der Waals surface area (Å²) >= 11 is 13.7. The SMILES string of the molecule is CC(C)c1ccc(OCc2nc(C(=O)NC3CCCCC3NC(=O)Nc3c(Cl)cccc3Cl)cs2)cc1. The molecule has 1 saturated carbocycles. The fraction of sp³-hybridized carbons (Fsp3) is 0.370. The van der Waals surface area contributed by atoms with Gasteiger partial charge in [0.05, 0.1) is 21.8 Å². The number of nitrogens with one attached hydrogen (secondary N) is 3. The Balaban J connectivity index is 1.31. The highest BCUT2D eigenvalue weighted by molar-refractivity contribution is 7.09. The van der Waals surface area contributed by atoms with E-state index in [9.17, 15) is 9.59 Å². The maximum absolute atomic E-state index is 12.9. The van der Waals surface area contributed by atoms with Gasteiger partial charge in [0.25, 0.3) is 5.91 Å². The average Bonchev–Trinajstić information content (AvgIpc) is 3.36. The number of hydrogen-bond acceptors (Lipinski definition) is 5. The number of urea groups is 1. The molecule has 37 heavy (non-hydrogen) atoms. The molecule has 0 spiro atoms. The molecule has 0 bridgehead atoms. The summed E-state index contributed by atoms with van der Waals surface area (Å²) in [6.07, 6.45) is 3.43. The maximum Gasteiger partial charge on any atom is 0.319 e. The zero-order valence-corrected chi connectivity index (χ0v) is 23.1. The predicted octanol–water partition coefficient (Wildman–Crippen LogP) is 7.02. The number of amides is 3. The van der Waals surface area contributed by atoms with Gasteiger partial charge in [0.2, 0.25) is 0 Å². The molecule has 10 heteroatoms. The molecule has 3 aromatic rings. The quantitative estimate of drug-likeness (QED) is 0.276. The van der Waals surface area contributed by atoms with E-state index in [1.165, 1.54) is 16.9 Å². The number of halogens is 2. The van der Waals surface area contributed by atoms with Gasteiger partial charge < -0.3 is 20.7 Å². The van der Waals surface area contributed by atoms with Crippen LogP contribution in [0.1, 0.15) is 66.5 Å². The van der Waals surface area contributed by atoms with Gasteiger partial charge in [-0.15, -0.1) is 11.3 Å². The van der Waals surface area contributed by atoms with E-state index in [1.54, 1.807) is 23.6 Å². The smallest absolute Gasteiger partial charge is 0.319 e.